The van der Waals surface area contributed by atoms with Crippen molar-refractivity contribution in [2.45, 2.75) is 44.6 Å². The number of amides is 1. The summed E-state index contributed by atoms with van der Waals surface area (Å²) in [5.41, 5.74) is 1.72. The Morgan fingerprint density at radius 2 is 1.88 bits per heavy atom. The van der Waals surface area contributed by atoms with Gasteiger partial charge in [0.15, 0.2) is 5.69 Å². The number of carboxylic acid groups (broad SMARTS) is 1. The lowest BCUT2D eigenvalue weighted by Crippen LogP contribution is -2.14. The second-order valence-corrected chi connectivity index (χ2v) is 6.26. The number of carbonyl (C=O) groups is 2. The molecule has 0 radical (unpaired) electrons. The number of carbonyl (C=O) groups excluding carboxylic acids is 1. The zero-order valence-corrected chi connectivity index (χ0v) is 13.6. The maximum Gasteiger partial charge on any atom is 0.310 e. The molecule has 2 N–H and O–H groups in total. The van der Waals surface area contributed by atoms with E-state index in [1.165, 1.54) is 12.8 Å². The molecule has 1 aliphatic rings. The van der Waals surface area contributed by atoms with Gasteiger partial charge in [-0.15, -0.1) is 0 Å². The van der Waals surface area contributed by atoms with Crippen molar-refractivity contribution in [2.75, 3.05) is 5.32 Å². The van der Waals surface area contributed by atoms with Gasteiger partial charge in [0.2, 0.25) is 0 Å². The number of benzene rings is 1. The smallest absolute Gasteiger partial charge is 0.310 e. The average molecular weight is 327 g/mol. The number of hydrogen-bond donors (Lipinski definition) is 2. The minimum Gasteiger partial charge on any atom is -0.481 e. The standard InChI is InChI=1S/C18H21N3O3/c1-12(18(23)24)13-6-8-14(9-7-13)19-17(22)16-10-11-21(20-16)15-4-2-3-5-15/h6-12,15H,2-5H2,1H3,(H,19,22)(H,23,24). The van der Waals surface area contributed by atoms with Gasteiger partial charge in [0.05, 0.1) is 12.0 Å². The summed E-state index contributed by atoms with van der Waals surface area (Å²) in [6.45, 7) is 1.63. The maximum atomic E-state index is 12.3. The van der Waals surface area contributed by atoms with Crippen molar-refractivity contribution in [2.24, 2.45) is 0 Å². The first kappa shape index (κ1) is 16.2. The van der Waals surface area contributed by atoms with E-state index in [-0.39, 0.29) is 5.91 Å². The normalized spacial score (nSPS) is 16.0. The van der Waals surface area contributed by atoms with Crippen molar-refractivity contribution in [3.8, 4) is 0 Å². The van der Waals surface area contributed by atoms with Gasteiger partial charge in [-0.3, -0.25) is 14.3 Å². The summed E-state index contributed by atoms with van der Waals surface area (Å²) in [7, 11) is 0. The van der Waals surface area contributed by atoms with Crippen LogP contribution in [0, 0.1) is 0 Å². The molecule has 0 saturated heterocycles. The molecule has 1 fully saturated rings. The minimum atomic E-state index is -0.871. The third-order valence-electron chi connectivity index (χ3n) is 4.58. The van der Waals surface area contributed by atoms with E-state index in [1.807, 2.05) is 10.9 Å². The average Bonchev–Trinajstić information content (AvgIpc) is 3.26. The van der Waals surface area contributed by atoms with E-state index in [2.05, 4.69) is 10.4 Å². The zero-order chi connectivity index (χ0) is 17.1. The highest BCUT2D eigenvalue weighted by Crippen LogP contribution is 2.28. The van der Waals surface area contributed by atoms with Gasteiger partial charge in [-0.1, -0.05) is 25.0 Å². The Morgan fingerprint density at radius 3 is 2.50 bits per heavy atom. The summed E-state index contributed by atoms with van der Waals surface area (Å²) < 4.78 is 1.89. The fraction of sp³-hybridized carbons (Fsp3) is 0.389. The monoisotopic (exact) mass is 327 g/mol. The molecule has 1 amide bonds. The SMILES string of the molecule is CC(C(=O)O)c1ccc(NC(=O)c2ccn(C3CCCC3)n2)cc1. The quantitative estimate of drug-likeness (QED) is 0.881. The van der Waals surface area contributed by atoms with Crippen LogP contribution >= 0.6 is 0 Å². The second-order valence-electron chi connectivity index (χ2n) is 6.26. The van der Waals surface area contributed by atoms with Crippen molar-refractivity contribution in [1.29, 1.82) is 0 Å². The van der Waals surface area contributed by atoms with E-state index in [1.54, 1.807) is 37.3 Å². The van der Waals surface area contributed by atoms with E-state index < -0.39 is 11.9 Å². The lowest BCUT2D eigenvalue weighted by atomic mass is 10.0. The summed E-state index contributed by atoms with van der Waals surface area (Å²) in [5, 5.41) is 16.2. The van der Waals surface area contributed by atoms with Crippen LogP contribution in [-0.4, -0.2) is 26.8 Å². The van der Waals surface area contributed by atoms with Gasteiger partial charge in [0.1, 0.15) is 0 Å². The predicted molar refractivity (Wildman–Crippen MR) is 90.2 cm³/mol. The van der Waals surface area contributed by atoms with Gasteiger partial charge in [-0.2, -0.15) is 5.10 Å². The van der Waals surface area contributed by atoms with Crippen LogP contribution in [-0.2, 0) is 4.79 Å². The Labute approximate surface area is 140 Å². The van der Waals surface area contributed by atoms with Crippen LogP contribution in [0.25, 0.3) is 0 Å². The largest absolute Gasteiger partial charge is 0.481 e. The van der Waals surface area contributed by atoms with Gasteiger partial charge in [0, 0.05) is 11.9 Å². The number of hydrogen-bond acceptors (Lipinski definition) is 3. The second kappa shape index (κ2) is 6.86. The molecule has 0 aliphatic heterocycles. The number of rotatable bonds is 5. The molecule has 3 rings (SSSR count). The van der Waals surface area contributed by atoms with Crippen molar-refractivity contribution in [3.05, 3.63) is 47.8 Å². The summed E-state index contributed by atoms with van der Waals surface area (Å²) in [5.74, 6) is -1.70. The fourth-order valence-electron chi connectivity index (χ4n) is 3.02. The number of anilines is 1. The molecule has 0 spiro atoms. The topological polar surface area (TPSA) is 84.2 Å². The van der Waals surface area contributed by atoms with Crippen LogP contribution in [0.5, 0.6) is 0 Å². The van der Waals surface area contributed by atoms with Gasteiger partial charge in [0.25, 0.3) is 5.91 Å². The highest BCUT2D eigenvalue weighted by molar-refractivity contribution is 6.02. The highest BCUT2D eigenvalue weighted by atomic mass is 16.4. The Bertz CT molecular complexity index is 730. The van der Waals surface area contributed by atoms with E-state index in [9.17, 15) is 9.59 Å². The molecule has 1 aromatic carbocycles. The first-order chi connectivity index (χ1) is 11.5. The molecule has 126 valence electrons. The number of nitrogens with one attached hydrogen (secondary N) is 1. The first-order valence-corrected chi connectivity index (χ1v) is 8.24. The Kier molecular flexibility index (Phi) is 4.64. The Balaban J connectivity index is 1.65. The molecule has 1 unspecified atom stereocenters. The molecule has 6 heteroatoms. The molecule has 1 atom stereocenters. The van der Waals surface area contributed by atoms with E-state index in [0.717, 1.165) is 12.8 Å². The number of aromatic nitrogens is 2. The van der Waals surface area contributed by atoms with Crippen LogP contribution in [0.3, 0.4) is 0 Å². The fourth-order valence-corrected chi connectivity index (χ4v) is 3.02. The first-order valence-electron chi connectivity index (χ1n) is 8.24. The van der Waals surface area contributed by atoms with E-state index >= 15 is 0 Å². The molecular formula is C18H21N3O3. The van der Waals surface area contributed by atoms with Gasteiger partial charge >= 0.3 is 5.97 Å². The summed E-state index contributed by atoms with van der Waals surface area (Å²) in [4.78, 5) is 23.3. The Hall–Kier alpha value is -2.63. The molecule has 1 heterocycles. The van der Waals surface area contributed by atoms with E-state index in [4.69, 9.17) is 5.11 Å². The van der Waals surface area contributed by atoms with Crippen LogP contribution in [0.1, 0.15) is 60.6 Å². The molecule has 1 saturated carbocycles. The summed E-state index contributed by atoms with van der Waals surface area (Å²) in [6, 6.07) is 8.98. The van der Waals surface area contributed by atoms with Gasteiger partial charge < -0.3 is 10.4 Å². The van der Waals surface area contributed by atoms with Gasteiger partial charge in [-0.05, 0) is 43.5 Å². The highest BCUT2D eigenvalue weighted by Gasteiger charge is 2.19. The van der Waals surface area contributed by atoms with Crippen molar-refractivity contribution in [1.82, 2.24) is 9.78 Å². The summed E-state index contributed by atoms with van der Waals surface area (Å²) >= 11 is 0. The third-order valence-corrected chi connectivity index (χ3v) is 4.58. The van der Waals surface area contributed by atoms with Crippen LogP contribution in [0.15, 0.2) is 36.5 Å². The molecule has 6 nitrogen and oxygen atoms in total. The van der Waals surface area contributed by atoms with Crippen LogP contribution in [0.2, 0.25) is 0 Å². The van der Waals surface area contributed by atoms with Crippen molar-refractivity contribution < 1.29 is 14.7 Å². The Morgan fingerprint density at radius 1 is 1.21 bits per heavy atom. The van der Waals surface area contributed by atoms with Crippen molar-refractivity contribution >= 4 is 17.6 Å². The maximum absolute atomic E-state index is 12.3. The van der Waals surface area contributed by atoms with Gasteiger partial charge in [-0.25, -0.2) is 0 Å². The third kappa shape index (κ3) is 3.48. The van der Waals surface area contributed by atoms with Crippen molar-refractivity contribution in [3.63, 3.8) is 0 Å². The molecule has 0 bridgehead atoms. The minimum absolute atomic E-state index is 0.259. The van der Waals surface area contributed by atoms with Crippen LogP contribution < -0.4 is 5.32 Å². The molecule has 24 heavy (non-hydrogen) atoms. The molecule has 1 aromatic heterocycles. The number of aliphatic carboxylic acids is 1. The number of carboxylic acids is 1. The molecule has 1 aliphatic carbocycles. The number of nitrogens with zero attached hydrogens (tertiary/aromatic N) is 2. The lowest BCUT2D eigenvalue weighted by molar-refractivity contribution is -0.138. The molecule has 2 aromatic rings. The summed E-state index contributed by atoms with van der Waals surface area (Å²) in [6.07, 6.45) is 6.53. The lowest BCUT2D eigenvalue weighted by Gasteiger charge is -2.09. The van der Waals surface area contributed by atoms with Crippen LogP contribution in [0.4, 0.5) is 5.69 Å². The predicted octanol–water partition coefficient (Wildman–Crippen LogP) is 3.44. The molecular weight excluding hydrogens is 306 g/mol. The zero-order valence-electron chi connectivity index (χ0n) is 13.6. The van der Waals surface area contributed by atoms with E-state index in [0.29, 0.717) is 23.0 Å².